The molecule has 168 valence electrons. The van der Waals surface area contributed by atoms with Gasteiger partial charge >= 0.3 is 0 Å². The monoisotopic (exact) mass is 444 g/mol. The zero-order chi connectivity index (χ0) is 23.4. The highest BCUT2D eigenvalue weighted by atomic mass is 16.5. The molecule has 1 heterocycles. The van der Waals surface area contributed by atoms with Crippen LogP contribution in [0.5, 0.6) is 5.75 Å². The molecule has 0 bridgehead atoms. The van der Waals surface area contributed by atoms with Crippen molar-refractivity contribution in [1.29, 1.82) is 0 Å². The highest BCUT2D eigenvalue weighted by Crippen LogP contribution is 2.21. The van der Waals surface area contributed by atoms with Crippen LogP contribution in [0.2, 0.25) is 0 Å². The molecule has 0 radical (unpaired) electrons. The minimum absolute atomic E-state index is 0.0918. The number of hydrogen-bond acceptors (Lipinski definition) is 4. The first-order valence-electron chi connectivity index (χ1n) is 10.5. The number of ether oxygens (including phenoxy) is 1. The maximum absolute atomic E-state index is 13.4. The molecule has 0 saturated carbocycles. The van der Waals surface area contributed by atoms with Crippen LogP contribution >= 0.6 is 0 Å². The lowest BCUT2D eigenvalue weighted by molar-refractivity contribution is -0.117. The first-order chi connectivity index (χ1) is 16.0. The summed E-state index contributed by atoms with van der Waals surface area (Å²) in [5.74, 6) is 0.185. The lowest BCUT2D eigenvalue weighted by atomic mass is 10.2. The number of fused-ring (bicyclic) bond motifs is 1. The van der Waals surface area contributed by atoms with Crippen LogP contribution < -0.4 is 20.9 Å². The summed E-state index contributed by atoms with van der Waals surface area (Å²) in [6.07, 6.45) is 0.331. The average Bonchev–Trinajstić information content (AvgIpc) is 3.10. The van der Waals surface area contributed by atoms with Crippen LogP contribution in [0.3, 0.4) is 0 Å². The molecular weight excluding hydrogens is 420 g/mol. The molecule has 0 saturated heterocycles. The van der Waals surface area contributed by atoms with E-state index in [2.05, 4.69) is 10.6 Å². The molecule has 3 aromatic carbocycles. The Labute approximate surface area is 190 Å². The summed E-state index contributed by atoms with van der Waals surface area (Å²) in [4.78, 5) is 38.1. The molecular formula is C25H24N4O4. The molecule has 2 amide bonds. The topological polar surface area (TPSA) is 94.4 Å². The molecule has 8 nitrogen and oxygen atoms in total. The van der Waals surface area contributed by atoms with Gasteiger partial charge in [-0.15, -0.1) is 0 Å². The number of anilines is 2. The zero-order valence-corrected chi connectivity index (χ0v) is 18.4. The van der Waals surface area contributed by atoms with E-state index in [1.807, 2.05) is 18.2 Å². The first kappa shape index (κ1) is 21.9. The maximum Gasteiger partial charge on any atom is 0.279 e. The van der Waals surface area contributed by atoms with Crippen molar-refractivity contribution in [3.63, 3.8) is 0 Å². The minimum atomic E-state index is -0.298. The van der Waals surface area contributed by atoms with Gasteiger partial charge < -0.3 is 15.4 Å². The molecule has 0 fully saturated rings. The summed E-state index contributed by atoms with van der Waals surface area (Å²) in [7, 11) is 1.56. The summed E-state index contributed by atoms with van der Waals surface area (Å²) in [6, 6.07) is 21.3. The third kappa shape index (κ3) is 4.64. The van der Waals surface area contributed by atoms with Crippen LogP contribution in [-0.2, 0) is 16.1 Å². The van der Waals surface area contributed by atoms with E-state index in [0.29, 0.717) is 40.1 Å². The van der Waals surface area contributed by atoms with Crippen molar-refractivity contribution in [3.05, 3.63) is 83.2 Å². The average molecular weight is 444 g/mol. The van der Waals surface area contributed by atoms with Crippen LogP contribution in [0.4, 0.5) is 11.4 Å². The normalized spacial score (nSPS) is 10.7. The molecule has 4 aromatic rings. The number of hydrogen-bond donors (Lipinski definition) is 2. The molecule has 0 unspecified atom stereocenters. The third-order valence-corrected chi connectivity index (χ3v) is 5.19. The second-order valence-corrected chi connectivity index (χ2v) is 7.42. The molecule has 33 heavy (non-hydrogen) atoms. The molecule has 0 aliphatic carbocycles. The smallest absolute Gasteiger partial charge is 0.279 e. The van der Waals surface area contributed by atoms with E-state index < -0.39 is 0 Å². The van der Waals surface area contributed by atoms with Crippen molar-refractivity contribution >= 4 is 34.1 Å². The molecule has 2 N–H and O–H groups in total. The summed E-state index contributed by atoms with van der Waals surface area (Å²) in [6.45, 7) is 1.67. The van der Waals surface area contributed by atoms with Crippen LogP contribution in [0.1, 0.15) is 13.3 Å². The number of benzene rings is 3. The van der Waals surface area contributed by atoms with E-state index in [9.17, 15) is 14.4 Å². The van der Waals surface area contributed by atoms with Crippen LogP contribution in [0.25, 0.3) is 16.6 Å². The molecule has 0 atom stereocenters. The number of nitrogens with zero attached hydrogens (tertiary/aromatic N) is 2. The van der Waals surface area contributed by atoms with E-state index in [0.717, 1.165) is 0 Å². The lowest BCUT2D eigenvalue weighted by Gasteiger charge is -2.13. The Morgan fingerprint density at radius 1 is 0.879 bits per heavy atom. The SMILES string of the molecule is CCC(=O)Nc1ccc2c(c1)c(=O)n(-c1ccccc1)n2CC(=O)Nc1cccc(OC)c1. The second kappa shape index (κ2) is 9.44. The summed E-state index contributed by atoms with van der Waals surface area (Å²) < 4.78 is 8.31. The van der Waals surface area contributed by atoms with E-state index in [1.165, 1.54) is 4.68 Å². The second-order valence-electron chi connectivity index (χ2n) is 7.42. The number of amides is 2. The molecule has 1 aromatic heterocycles. The fourth-order valence-electron chi connectivity index (χ4n) is 3.61. The number of nitrogens with one attached hydrogen (secondary N) is 2. The van der Waals surface area contributed by atoms with Crippen molar-refractivity contribution in [3.8, 4) is 11.4 Å². The highest BCUT2D eigenvalue weighted by molar-refractivity contribution is 5.95. The van der Waals surface area contributed by atoms with Gasteiger partial charge in [0.25, 0.3) is 5.56 Å². The van der Waals surface area contributed by atoms with Crippen molar-refractivity contribution < 1.29 is 14.3 Å². The predicted molar refractivity (Wildman–Crippen MR) is 128 cm³/mol. The van der Waals surface area contributed by atoms with Crippen molar-refractivity contribution in [2.75, 3.05) is 17.7 Å². The van der Waals surface area contributed by atoms with Crippen molar-refractivity contribution in [2.45, 2.75) is 19.9 Å². The molecule has 4 rings (SSSR count). The van der Waals surface area contributed by atoms with Crippen LogP contribution in [-0.4, -0.2) is 28.3 Å². The first-order valence-corrected chi connectivity index (χ1v) is 10.5. The quantitative estimate of drug-likeness (QED) is 0.454. The predicted octanol–water partition coefficient (Wildman–Crippen LogP) is 3.79. The van der Waals surface area contributed by atoms with Gasteiger partial charge in [0.05, 0.1) is 23.7 Å². The van der Waals surface area contributed by atoms with Crippen LogP contribution in [0, 0.1) is 0 Å². The van der Waals surface area contributed by atoms with E-state index in [4.69, 9.17) is 4.74 Å². The van der Waals surface area contributed by atoms with Gasteiger partial charge in [0, 0.05) is 23.9 Å². The number of aromatic nitrogens is 2. The van der Waals surface area contributed by atoms with E-state index >= 15 is 0 Å². The Hall–Kier alpha value is -4.33. The summed E-state index contributed by atoms with van der Waals surface area (Å²) in [5.41, 5.74) is 2.06. The van der Waals surface area contributed by atoms with Gasteiger partial charge in [0.2, 0.25) is 11.8 Å². The number of para-hydroxylation sites is 1. The van der Waals surface area contributed by atoms with Gasteiger partial charge in [0.1, 0.15) is 12.3 Å². The Balaban J connectivity index is 1.75. The van der Waals surface area contributed by atoms with Gasteiger partial charge in [-0.2, -0.15) is 0 Å². The van der Waals surface area contributed by atoms with Crippen molar-refractivity contribution in [2.24, 2.45) is 0 Å². The van der Waals surface area contributed by atoms with E-state index in [-0.39, 0.29) is 23.9 Å². The molecule has 0 aliphatic heterocycles. The Morgan fingerprint density at radius 2 is 1.61 bits per heavy atom. The zero-order valence-electron chi connectivity index (χ0n) is 18.4. The van der Waals surface area contributed by atoms with Gasteiger partial charge in [0.15, 0.2) is 0 Å². The summed E-state index contributed by atoms with van der Waals surface area (Å²) in [5, 5.41) is 6.03. The fourth-order valence-corrected chi connectivity index (χ4v) is 3.61. The number of carbonyl (C=O) groups excluding carboxylic acids is 2. The Morgan fingerprint density at radius 3 is 2.33 bits per heavy atom. The minimum Gasteiger partial charge on any atom is -0.497 e. The number of carbonyl (C=O) groups is 2. The largest absolute Gasteiger partial charge is 0.497 e. The van der Waals surface area contributed by atoms with Gasteiger partial charge in [-0.25, -0.2) is 4.68 Å². The highest BCUT2D eigenvalue weighted by Gasteiger charge is 2.18. The van der Waals surface area contributed by atoms with E-state index in [1.54, 1.807) is 73.3 Å². The number of rotatable bonds is 7. The lowest BCUT2D eigenvalue weighted by Crippen LogP contribution is -2.27. The van der Waals surface area contributed by atoms with Gasteiger partial charge in [-0.05, 0) is 42.5 Å². The Bertz CT molecular complexity index is 1370. The van der Waals surface area contributed by atoms with Gasteiger partial charge in [-0.3, -0.25) is 19.1 Å². The molecule has 0 aliphatic rings. The molecule has 0 spiro atoms. The van der Waals surface area contributed by atoms with Crippen molar-refractivity contribution in [1.82, 2.24) is 9.36 Å². The number of methoxy groups -OCH3 is 1. The van der Waals surface area contributed by atoms with Gasteiger partial charge in [-0.1, -0.05) is 31.2 Å². The maximum atomic E-state index is 13.4. The fraction of sp³-hybridized carbons (Fsp3) is 0.160. The Kier molecular flexibility index (Phi) is 6.26. The van der Waals surface area contributed by atoms with Crippen LogP contribution in [0.15, 0.2) is 77.6 Å². The summed E-state index contributed by atoms with van der Waals surface area (Å²) >= 11 is 0. The molecule has 8 heteroatoms. The third-order valence-electron chi connectivity index (χ3n) is 5.19. The standard InChI is InChI=1S/C25H24N4O4/c1-3-23(30)26-18-12-13-22-21(15-18)25(32)29(19-9-5-4-6-10-19)28(22)16-24(31)27-17-8-7-11-20(14-17)33-2/h4-15H,3,16H2,1-2H3,(H,26,30)(H,27,31).